The lowest BCUT2D eigenvalue weighted by Crippen LogP contribution is -2.58. The molecule has 44 heavy (non-hydrogen) atoms. The fourth-order valence-electron chi connectivity index (χ4n) is 6.59. The van der Waals surface area contributed by atoms with Gasteiger partial charge in [0.1, 0.15) is 17.9 Å². The monoisotopic (exact) mass is 614 g/mol. The minimum absolute atomic E-state index is 0.0435. The summed E-state index contributed by atoms with van der Waals surface area (Å²) in [5.41, 5.74) is 0.0436. The van der Waals surface area contributed by atoms with Crippen molar-refractivity contribution in [2.75, 3.05) is 32.7 Å². The predicted molar refractivity (Wildman–Crippen MR) is 164 cm³/mol. The lowest BCUT2D eigenvalue weighted by molar-refractivity contribution is -0.156. The summed E-state index contributed by atoms with van der Waals surface area (Å²) in [6.45, 7) is 7.75. The summed E-state index contributed by atoms with van der Waals surface area (Å²) in [7, 11) is 0. The molecule has 2 unspecified atom stereocenters. The van der Waals surface area contributed by atoms with Crippen molar-refractivity contribution in [2.24, 2.45) is 17.3 Å². The highest BCUT2D eigenvalue weighted by Gasteiger charge is 2.39. The second-order valence-electron chi connectivity index (χ2n) is 13.8. The molecule has 0 aromatic heterocycles. The van der Waals surface area contributed by atoms with Crippen LogP contribution in [0.4, 0.5) is 0 Å². The number of aliphatic hydroxyl groups is 1. The Bertz CT molecular complexity index is 1120. The van der Waals surface area contributed by atoms with Crippen LogP contribution >= 0.6 is 0 Å². The summed E-state index contributed by atoms with van der Waals surface area (Å²) in [6.07, 6.45) is 7.23. The summed E-state index contributed by atoms with van der Waals surface area (Å²) in [4.78, 5) is 54.6. The van der Waals surface area contributed by atoms with E-state index in [1.54, 1.807) is 34.1 Å². The van der Waals surface area contributed by atoms with Gasteiger partial charge in [-0.15, -0.1) is 0 Å². The van der Waals surface area contributed by atoms with Gasteiger partial charge >= 0.3 is 0 Å². The fraction of sp³-hybridized carbons (Fsp3) is 0.697. The van der Waals surface area contributed by atoms with E-state index in [2.05, 4.69) is 5.32 Å². The molecule has 2 saturated heterocycles. The summed E-state index contributed by atoms with van der Waals surface area (Å²) in [5, 5.41) is 23.1. The third-order valence-electron chi connectivity index (χ3n) is 9.30. The maximum absolute atomic E-state index is 13.7. The summed E-state index contributed by atoms with van der Waals surface area (Å²) >= 11 is 0. The van der Waals surface area contributed by atoms with Gasteiger partial charge in [-0.2, -0.15) is 0 Å². The van der Waals surface area contributed by atoms with Crippen LogP contribution in [0.2, 0.25) is 0 Å². The molecule has 1 saturated carbocycles. The molecule has 1 aromatic carbocycles. The zero-order valence-electron chi connectivity index (χ0n) is 26.5. The SMILES string of the molecule is CC(C)(C)C(NC(=O)C(CC1CCCC1)CN(O)C=O)C(=O)N1CCC(Oc2ccc(C(=O)N3CCC(O)CC3)cc2)CC1. The number of nitrogens with zero attached hydrogens (tertiary/aromatic N) is 3. The van der Waals surface area contributed by atoms with Gasteiger partial charge in [0.25, 0.3) is 5.91 Å². The van der Waals surface area contributed by atoms with E-state index < -0.39 is 17.4 Å². The number of ether oxygens (including phenoxy) is 1. The molecule has 1 aliphatic carbocycles. The number of carbonyl (C=O) groups excluding carboxylic acids is 4. The van der Waals surface area contributed by atoms with Crippen LogP contribution in [0.15, 0.2) is 24.3 Å². The first-order valence-corrected chi connectivity index (χ1v) is 16.2. The fourth-order valence-corrected chi connectivity index (χ4v) is 6.59. The molecule has 2 aliphatic heterocycles. The quantitative estimate of drug-likeness (QED) is 0.198. The van der Waals surface area contributed by atoms with Gasteiger partial charge in [-0.3, -0.25) is 24.4 Å². The second-order valence-corrected chi connectivity index (χ2v) is 13.8. The Hall–Kier alpha value is -3.18. The third-order valence-corrected chi connectivity index (χ3v) is 9.30. The first-order chi connectivity index (χ1) is 20.9. The van der Waals surface area contributed by atoms with Crippen LogP contribution in [0.25, 0.3) is 0 Å². The van der Waals surface area contributed by atoms with Crippen molar-refractivity contribution >= 4 is 24.1 Å². The Morgan fingerprint density at radius 2 is 1.57 bits per heavy atom. The van der Waals surface area contributed by atoms with Crippen LogP contribution in [0.5, 0.6) is 5.75 Å². The van der Waals surface area contributed by atoms with Crippen molar-refractivity contribution in [3.05, 3.63) is 29.8 Å². The van der Waals surface area contributed by atoms with Crippen LogP contribution in [0, 0.1) is 17.3 Å². The molecule has 1 aromatic rings. The molecule has 11 nitrogen and oxygen atoms in total. The highest BCUT2D eigenvalue weighted by molar-refractivity contribution is 5.94. The summed E-state index contributed by atoms with van der Waals surface area (Å²) in [5.74, 6) is -0.0633. The Morgan fingerprint density at radius 1 is 0.977 bits per heavy atom. The van der Waals surface area contributed by atoms with Gasteiger partial charge in [0.2, 0.25) is 18.2 Å². The van der Waals surface area contributed by atoms with Crippen LogP contribution in [-0.2, 0) is 14.4 Å². The molecule has 2 heterocycles. The second kappa shape index (κ2) is 15.2. The van der Waals surface area contributed by atoms with E-state index in [0.29, 0.717) is 87.0 Å². The van der Waals surface area contributed by atoms with E-state index >= 15 is 0 Å². The molecule has 0 bridgehead atoms. The first-order valence-electron chi connectivity index (χ1n) is 16.2. The maximum atomic E-state index is 13.7. The molecule has 0 spiro atoms. The molecule has 4 rings (SSSR count). The highest BCUT2D eigenvalue weighted by atomic mass is 16.5. The number of likely N-dealkylation sites (tertiary alicyclic amines) is 2. The molecule has 3 N–H and O–H groups in total. The molecule has 0 radical (unpaired) electrons. The standard InChI is InChI=1S/C33H50N4O7/c1-33(2,3)29(34-30(40)25(21-37(43)22-38)20-23-6-4-5-7-23)32(42)36-18-14-28(15-19-36)44-27-10-8-24(9-11-27)31(41)35-16-12-26(39)13-17-35/h8-11,22-23,25-26,28-29,39,43H,4-7,12-21H2,1-3H3,(H,34,40). The largest absolute Gasteiger partial charge is 0.490 e. The smallest absolute Gasteiger partial charge is 0.253 e. The number of hydrogen-bond acceptors (Lipinski definition) is 7. The Balaban J connectivity index is 1.30. The minimum atomic E-state index is -0.754. The Morgan fingerprint density at radius 3 is 2.14 bits per heavy atom. The van der Waals surface area contributed by atoms with E-state index in [0.717, 1.165) is 25.7 Å². The van der Waals surface area contributed by atoms with Gasteiger partial charge in [0.05, 0.1) is 18.6 Å². The molecule has 11 heteroatoms. The van der Waals surface area contributed by atoms with Crippen molar-refractivity contribution < 1.29 is 34.2 Å². The number of piperidine rings is 2. The van der Waals surface area contributed by atoms with Gasteiger partial charge in [-0.05, 0) is 54.9 Å². The maximum Gasteiger partial charge on any atom is 0.253 e. The lowest BCUT2D eigenvalue weighted by Gasteiger charge is -2.39. The minimum Gasteiger partial charge on any atom is -0.490 e. The van der Waals surface area contributed by atoms with Crippen LogP contribution in [0.3, 0.4) is 0 Å². The zero-order chi connectivity index (χ0) is 31.9. The Labute approximate surface area is 260 Å². The van der Waals surface area contributed by atoms with Crippen LogP contribution < -0.4 is 10.1 Å². The predicted octanol–water partition coefficient (Wildman–Crippen LogP) is 3.23. The van der Waals surface area contributed by atoms with Gasteiger partial charge in [-0.1, -0.05) is 46.5 Å². The number of nitrogens with one attached hydrogen (secondary N) is 1. The average Bonchev–Trinajstić information content (AvgIpc) is 3.52. The number of amides is 4. The number of benzene rings is 1. The van der Waals surface area contributed by atoms with Gasteiger partial charge in [-0.25, -0.2) is 5.06 Å². The van der Waals surface area contributed by atoms with Crippen molar-refractivity contribution in [1.82, 2.24) is 20.2 Å². The van der Waals surface area contributed by atoms with Crippen LogP contribution in [-0.4, -0.2) is 100 Å². The number of hydrogen-bond donors (Lipinski definition) is 3. The van der Waals surface area contributed by atoms with Crippen molar-refractivity contribution in [3.8, 4) is 5.75 Å². The van der Waals surface area contributed by atoms with Gasteiger partial charge < -0.3 is 25.0 Å². The summed E-state index contributed by atoms with van der Waals surface area (Å²) < 4.78 is 6.19. The molecule has 3 aliphatic rings. The van der Waals surface area contributed by atoms with E-state index in [1.807, 2.05) is 20.8 Å². The number of carbonyl (C=O) groups is 4. The van der Waals surface area contributed by atoms with E-state index in [4.69, 9.17) is 4.74 Å². The zero-order valence-corrected chi connectivity index (χ0v) is 26.5. The molecule has 4 amide bonds. The molecular weight excluding hydrogens is 564 g/mol. The molecule has 3 fully saturated rings. The van der Waals surface area contributed by atoms with Crippen molar-refractivity contribution in [3.63, 3.8) is 0 Å². The molecular formula is C33H50N4O7. The third kappa shape index (κ3) is 9.17. The first kappa shape index (κ1) is 33.7. The number of aliphatic hydroxyl groups excluding tert-OH is 1. The summed E-state index contributed by atoms with van der Waals surface area (Å²) in [6, 6.07) is 6.38. The average molecular weight is 615 g/mol. The van der Waals surface area contributed by atoms with Gasteiger partial charge in [0.15, 0.2) is 0 Å². The van der Waals surface area contributed by atoms with E-state index in [-0.39, 0.29) is 36.5 Å². The van der Waals surface area contributed by atoms with E-state index in [1.165, 1.54) is 0 Å². The highest BCUT2D eigenvalue weighted by Crippen LogP contribution is 2.31. The molecule has 2 atom stereocenters. The van der Waals surface area contributed by atoms with Crippen molar-refractivity contribution in [1.29, 1.82) is 0 Å². The molecule has 244 valence electrons. The Kier molecular flexibility index (Phi) is 11.6. The number of hydroxylamine groups is 2. The van der Waals surface area contributed by atoms with Gasteiger partial charge in [0, 0.05) is 44.6 Å². The lowest BCUT2D eigenvalue weighted by atomic mass is 9.84. The van der Waals surface area contributed by atoms with E-state index in [9.17, 15) is 29.5 Å². The normalized spacial score (nSPS) is 20.2. The topological polar surface area (TPSA) is 140 Å². The van der Waals surface area contributed by atoms with Crippen LogP contribution in [0.1, 0.15) is 88.9 Å². The van der Waals surface area contributed by atoms with Crippen molar-refractivity contribution in [2.45, 2.75) is 96.8 Å². The number of rotatable bonds is 11.